The Morgan fingerprint density at radius 1 is 0.611 bits per heavy atom. The maximum absolute atomic E-state index is 4.29. The van der Waals surface area contributed by atoms with Crippen molar-refractivity contribution in [3.05, 3.63) is 48.6 Å². The topological polar surface area (TPSA) is 0 Å². The lowest BCUT2D eigenvalue weighted by Crippen LogP contribution is -2.31. The van der Waals surface area contributed by atoms with E-state index in [2.05, 4.69) is 90.0 Å². The van der Waals surface area contributed by atoms with Gasteiger partial charge in [-0.05, 0) is 35.1 Å². The Morgan fingerprint density at radius 2 is 0.778 bits per heavy atom. The highest BCUT2D eigenvalue weighted by atomic mass is 79.9. The van der Waals surface area contributed by atoms with Gasteiger partial charge in [0.05, 0.1) is 6.47 Å². The molecule has 3 rings (SSSR count). The molecule has 2 spiro atoms. The van der Waals surface area contributed by atoms with Gasteiger partial charge < -0.3 is 0 Å². The molecule has 18 heavy (non-hydrogen) atoms. The number of rotatable bonds is 0. The number of hydrogen-bond donors (Lipinski definition) is 0. The molecule has 0 atom stereocenters. The van der Waals surface area contributed by atoms with Crippen molar-refractivity contribution < 1.29 is 0 Å². The Kier molecular flexibility index (Phi) is 2.59. The lowest BCUT2D eigenvalue weighted by molar-refractivity contribution is 0.598. The van der Waals surface area contributed by atoms with Crippen LogP contribution in [0.1, 0.15) is 12.8 Å². The van der Waals surface area contributed by atoms with Crippen LogP contribution in [0.2, 0.25) is 0 Å². The molecule has 3 aliphatic rings. The van der Waals surface area contributed by atoms with Crippen LogP contribution < -0.4 is 0 Å². The van der Waals surface area contributed by atoms with Crippen LogP contribution in [0.4, 0.5) is 0 Å². The Morgan fingerprint density at radius 3 is 0.889 bits per heavy atom. The molecule has 3 saturated carbocycles. The molecular formula is C14H12Br4. The lowest BCUT2D eigenvalue weighted by Gasteiger charge is -2.40. The molecule has 3 fully saturated rings. The number of halogens is 4. The van der Waals surface area contributed by atoms with Gasteiger partial charge in [-0.15, -0.1) is 0 Å². The lowest BCUT2D eigenvalue weighted by atomic mass is 9.66. The van der Waals surface area contributed by atoms with Crippen LogP contribution in [0.15, 0.2) is 48.6 Å². The number of allylic oxidation sites excluding steroid dienone is 4. The van der Waals surface area contributed by atoms with E-state index in [-0.39, 0.29) is 17.3 Å². The van der Waals surface area contributed by atoms with E-state index in [9.17, 15) is 0 Å². The third kappa shape index (κ3) is 1.23. The Labute approximate surface area is 141 Å². The summed E-state index contributed by atoms with van der Waals surface area (Å²) in [7, 11) is 0. The van der Waals surface area contributed by atoms with E-state index >= 15 is 0 Å². The molecule has 3 aliphatic carbocycles. The minimum Gasteiger partial charge on any atom is -0.0945 e. The average Bonchev–Trinajstić information content (AvgIpc) is 3.04. The highest BCUT2D eigenvalue weighted by Crippen LogP contribution is 2.85. The molecule has 0 aromatic rings. The summed E-state index contributed by atoms with van der Waals surface area (Å²) in [4.78, 5) is 0. The Bertz CT molecular complexity index is 472. The first-order valence-corrected chi connectivity index (χ1v) is 8.76. The molecule has 96 valence electrons. The largest absolute Gasteiger partial charge is 0.0954 e. The molecule has 0 amide bonds. The smallest absolute Gasteiger partial charge is 0.0945 e. The second-order valence-electron chi connectivity index (χ2n) is 5.49. The van der Waals surface area contributed by atoms with Crippen LogP contribution in [0, 0.1) is 10.8 Å². The molecule has 0 aliphatic heterocycles. The third-order valence-electron chi connectivity index (χ3n) is 4.76. The van der Waals surface area contributed by atoms with Gasteiger partial charge in [0, 0.05) is 10.8 Å². The fraction of sp³-hybridized carbons (Fsp3) is 0.429. The zero-order valence-corrected chi connectivity index (χ0v) is 16.1. The highest BCUT2D eigenvalue weighted by Gasteiger charge is 2.78. The summed E-state index contributed by atoms with van der Waals surface area (Å²) in [6.45, 7) is 17.2. The molecule has 0 aromatic carbocycles. The molecule has 0 aromatic heterocycles. The normalized spacial score (nSPS) is 43.8. The van der Waals surface area contributed by atoms with Crippen molar-refractivity contribution in [1.29, 1.82) is 0 Å². The van der Waals surface area contributed by atoms with Crippen LogP contribution in [0.5, 0.6) is 0 Å². The van der Waals surface area contributed by atoms with E-state index in [1.165, 1.54) is 0 Å². The second kappa shape index (κ2) is 3.37. The Balaban J connectivity index is 2.13. The maximum atomic E-state index is 4.29. The Hall–Kier alpha value is 0.880. The van der Waals surface area contributed by atoms with E-state index in [0.717, 1.165) is 35.1 Å². The van der Waals surface area contributed by atoms with Gasteiger partial charge in [0.1, 0.15) is 0 Å². The first-order valence-electron chi connectivity index (χ1n) is 5.58. The minimum atomic E-state index is -0.148. The molecule has 0 nitrogen and oxygen atoms in total. The summed E-state index contributed by atoms with van der Waals surface area (Å²) in [5.41, 5.74) is 4.02. The maximum Gasteiger partial charge on any atom is 0.0954 e. The minimum absolute atomic E-state index is 0.134. The predicted octanol–water partition coefficient (Wildman–Crippen LogP) is 5.98. The highest BCUT2D eigenvalue weighted by molar-refractivity contribution is 9.26. The molecule has 0 saturated heterocycles. The van der Waals surface area contributed by atoms with Crippen molar-refractivity contribution in [3.63, 3.8) is 0 Å². The first kappa shape index (κ1) is 13.8. The summed E-state index contributed by atoms with van der Waals surface area (Å²) in [6, 6.07) is 0. The molecule has 0 radical (unpaired) electrons. The summed E-state index contributed by atoms with van der Waals surface area (Å²) < 4.78 is -0.268. The van der Waals surface area contributed by atoms with E-state index < -0.39 is 0 Å². The standard InChI is InChI=1S/C14H12Br4/c1-7-8(2)12(6-14(12,17)18)10(4)9(3)11(7)5-13(11,15)16/h1-6H2. The van der Waals surface area contributed by atoms with E-state index in [4.69, 9.17) is 0 Å². The van der Waals surface area contributed by atoms with Crippen molar-refractivity contribution in [2.75, 3.05) is 0 Å². The van der Waals surface area contributed by atoms with Gasteiger partial charge in [-0.2, -0.15) is 0 Å². The van der Waals surface area contributed by atoms with Gasteiger partial charge in [-0.25, -0.2) is 0 Å². The second-order valence-corrected chi connectivity index (χ2v) is 13.0. The van der Waals surface area contributed by atoms with Crippen LogP contribution in [-0.4, -0.2) is 6.47 Å². The van der Waals surface area contributed by atoms with Crippen LogP contribution in [0.3, 0.4) is 0 Å². The van der Waals surface area contributed by atoms with E-state index in [0.29, 0.717) is 0 Å². The predicted molar refractivity (Wildman–Crippen MR) is 91.8 cm³/mol. The number of hydrogen-bond acceptors (Lipinski definition) is 0. The summed E-state index contributed by atoms with van der Waals surface area (Å²) >= 11 is 14.9. The molecule has 0 unspecified atom stereocenters. The van der Waals surface area contributed by atoms with E-state index in [1.54, 1.807) is 0 Å². The van der Waals surface area contributed by atoms with Crippen LogP contribution in [-0.2, 0) is 0 Å². The summed E-state index contributed by atoms with van der Waals surface area (Å²) in [5.74, 6) is 0. The van der Waals surface area contributed by atoms with Gasteiger partial charge in [0.15, 0.2) is 0 Å². The molecule has 4 heteroatoms. The molecule has 0 heterocycles. The van der Waals surface area contributed by atoms with Crippen LogP contribution in [0.25, 0.3) is 0 Å². The molecular weight excluding hydrogens is 488 g/mol. The first-order chi connectivity index (χ1) is 8.04. The zero-order chi connectivity index (χ0) is 13.7. The van der Waals surface area contributed by atoms with Gasteiger partial charge in [0.25, 0.3) is 0 Å². The van der Waals surface area contributed by atoms with Crippen molar-refractivity contribution in [3.8, 4) is 0 Å². The van der Waals surface area contributed by atoms with Crippen molar-refractivity contribution in [2.24, 2.45) is 10.8 Å². The van der Waals surface area contributed by atoms with Crippen molar-refractivity contribution in [1.82, 2.24) is 0 Å². The molecule has 0 N–H and O–H groups in total. The SMILES string of the molecule is C=C1C(=C)C2(CC2(Br)Br)C(=C)C(=C)C12CC2(Br)Br. The fourth-order valence-electron chi connectivity index (χ4n) is 3.28. The summed E-state index contributed by atoms with van der Waals surface area (Å²) in [5, 5.41) is 0. The summed E-state index contributed by atoms with van der Waals surface area (Å²) in [6.07, 6.45) is 1.90. The monoisotopic (exact) mass is 496 g/mol. The molecule has 0 bridgehead atoms. The fourth-order valence-corrected chi connectivity index (χ4v) is 6.88. The average molecular weight is 500 g/mol. The van der Waals surface area contributed by atoms with Gasteiger partial charge in [0.2, 0.25) is 0 Å². The van der Waals surface area contributed by atoms with E-state index in [1.807, 2.05) is 0 Å². The van der Waals surface area contributed by atoms with Gasteiger partial charge in [-0.3, -0.25) is 0 Å². The van der Waals surface area contributed by atoms with Gasteiger partial charge >= 0.3 is 0 Å². The van der Waals surface area contributed by atoms with Crippen LogP contribution >= 0.6 is 63.7 Å². The van der Waals surface area contributed by atoms with Crippen molar-refractivity contribution in [2.45, 2.75) is 19.3 Å². The van der Waals surface area contributed by atoms with Gasteiger partial charge in [-0.1, -0.05) is 90.0 Å². The zero-order valence-electron chi connectivity index (χ0n) is 9.75. The van der Waals surface area contributed by atoms with Crippen molar-refractivity contribution >= 4 is 63.7 Å². The quantitative estimate of drug-likeness (QED) is 0.360. The third-order valence-corrected chi connectivity index (χ3v) is 8.59. The number of alkyl halides is 4.